The van der Waals surface area contributed by atoms with E-state index in [-0.39, 0.29) is 5.78 Å². The smallest absolute Gasteiger partial charge is 0.208 e. The van der Waals surface area contributed by atoms with Crippen LogP contribution in [0.15, 0.2) is 72.4 Å². The van der Waals surface area contributed by atoms with E-state index in [9.17, 15) is 4.79 Å². The van der Waals surface area contributed by atoms with Gasteiger partial charge in [-0.05, 0) is 36.1 Å². The Balaban J connectivity index is 1.70. The highest BCUT2D eigenvalue weighted by molar-refractivity contribution is 7.12. The fourth-order valence-corrected chi connectivity index (χ4v) is 3.63. The van der Waals surface area contributed by atoms with Gasteiger partial charge in [-0.2, -0.15) is 5.10 Å². The van der Waals surface area contributed by atoms with E-state index in [2.05, 4.69) is 35.0 Å². The van der Waals surface area contributed by atoms with Gasteiger partial charge in [-0.25, -0.2) is 9.50 Å². The number of thiophene rings is 1. The zero-order valence-electron chi connectivity index (χ0n) is 15.6. The zero-order chi connectivity index (χ0) is 19.5. The van der Waals surface area contributed by atoms with Crippen molar-refractivity contribution in [2.24, 2.45) is 0 Å². The van der Waals surface area contributed by atoms with E-state index in [1.54, 1.807) is 16.9 Å². The quantitative estimate of drug-likeness (QED) is 0.355. The van der Waals surface area contributed by atoms with Gasteiger partial charge in [0.25, 0.3) is 0 Å². The second kappa shape index (κ2) is 7.78. The van der Waals surface area contributed by atoms with Crippen molar-refractivity contribution in [1.82, 2.24) is 14.6 Å². The molecule has 1 aromatic carbocycles. The van der Waals surface area contributed by atoms with Crippen LogP contribution < -0.4 is 5.32 Å². The van der Waals surface area contributed by atoms with Gasteiger partial charge in [0.1, 0.15) is 0 Å². The molecular weight excluding hydrogens is 368 g/mol. The highest BCUT2D eigenvalue weighted by Crippen LogP contribution is 2.25. The number of carbonyl (C=O) groups excluding carboxylic acids is 1. The van der Waals surface area contributed by atoms with Crippen LogP contribution in [0.25, 0.3) is 16.9 Å². The molecule has 0 atom stereocenters. The third kappa shape index (κ3) is 3.46. The normalized spacial score (nSPS) is 10.9. The second-order valence-electron chi connectivity index (χ2n) is 6.47. The van der Waals surface area contributed by atoms with E-state index in [0.717, 1.165) is 35.5 Å². The molecule has 0 radical (unpaired) electrons. The minimum Gasteiger partial charge on any atom is -0.381 e. The summed E-state index contributed by atoms with van der Waals surface area (Å²) in [5, 5.41) is 9.74. The first kappa shape index (κ1) is 18.1. The molecule has 4 aromatic rings. The van der Waals surface area contributed by atoms with Crippen LogP contribution in [0.4, 0.5) is 5.69 Å². The number of hydrogen-bond donors (Lipinski definition) is 1. The lowest BCUT2D eigenvalue weighted by molar-refractivity contribution is 0.104. The summed E-state index contributed by atoms with van der Waals surface area (Å²) in [5.74, 6) is -0.0526. The Hall–Kier alpha value is -3.25. The maximum absolute atomic E-state index is 12.8. The molecule has 3 aromatic heterocycles. The third-order valence-electron chi connectivity index (χ3n) is 4.59. The van der Waals surface area contributed by atoms with Gasteiger partial charge in [0.15, 0.2) is 5.65 Å². The molecule has 0 amide bonds. The Morgan fingerprint density at radius 1 is 1.25 bits per heavy atom. The number of nitrogens with zero attached hydrogens (tertiary/aromatic N) is 3. The monoisotopic (exact) mass is 388 g/mol. The number of ketones is 1. The molecule has 0 aliphatic carbocycles. The summed E-state index contributed by atoms with van der Waals surface area (Å²) in [6, 6.07) is 13.7. The van der Waals surface area contributed by atoms with Crippen LogP contribution in [0.3, 0.4) is 0 Å². The topological polar surface area (TPSA) is 59.3 Å². The van der Waals surface area contributed by atoms with Crippen molar-refractivity contribution in [3.05, 3.63) is 82.8 Å². The van der Waals surface area contributed by atoms with Gasteiger partial charge < -0.3 is 5.32 Å². The average Bonchev–Trinajstić information content (AvgIpc) is 3.41. The first-order valence-corrected chi connectivity index (χ1v) is 9.97. The molecule has 0 aliphatic rings. The lowest BCUT2D eigenvalue weighted by atomic mass is 10.1. The Labute approximate surface area is 167 Å². The summed E-state index contributed by atoms with van der Waals surface area (Å²) >= 11 is 1.42. The molecule has 5 nitrogen and oxygen atoms in total. The summed E-state index contributed by atoms with van der Waals surface area (Å²) in [5.41, 5.74) is 5.12. The van der Waals surface area contributed by atoms with Crippen molar-refractivity contribution in [3.8, 4) is 11.3 Å². The van der Waals surface area contributed by atoms with Gasteiger partial charge in [-0.15, -0.1) is 11.3 Å². The summed E-state index contributed by atoms with van der Waals surface area (Å²) in [7, 11) is 0. The molecule has 0 bridgehead atoms. The average molecular weight is 388 g/mol. The predicted octanol–water partition coefficient (Wildman–Crippen LogP) is 5.07. The molecule has 1 N–H and O–H groups in total. The summed E-state index contributed by atoms with van der Waals surface area (Å²) < 4.78 is 1.73. The summed E-state index contributed by atoms with van der Waals surface area (Å²) in [6.07, 6.45) is 4.27. The fraction of sp³-hybridized carbons (Fsp3) is 0.136. The number of hydrogen-bond acceptors (Lipinski definition) is 5. The van der Waals surface area contributed by atoms with E-state index < -0.39 is 0 Å². The summed E-state index contributed by atoms with van der Waals surface area (Å²) in [6.45, 7) is 6.88. The van der Waals surface area contributed by atoms with Crippen LogP contribution in [0.5, 0.6) is 0 Å². The van der Waals surface area contributed by atoms with Gasteiger partial charge >= 0.3 is 0 Å². The molecule has 0 aliphatic heterocycles. The number of fused-ring (bicyclic) bond motifs is 1. The van der Waals surface area contributed by atoms with Crippen molar-refractivity contribution in [1.29, 1.82) is 0 Å². The van der Waals surface area contributed by atoms with Crippen molar-refractivity contribution in [3.63, 3.8) is 0 Å². The standard InChI is InChI=1S/C22H20N4OS/c1-3-15(2)13-24-17-7-4-6-16(12-17)19-9-10-23-22-18(14-25-26(19)22)21(27)20-8-5-11-28-20/h4-12,14,24H,2-3,13H2,1H3. The number of carbonyl (C=O) groups is 1. The van der Waals surface area contributed by atoms with Gasteiger partial charge in [-0.3, -0.25) is 4.79 Å². The number of nitrogens with one attached hydrogen (secondary N) is 1. The molecule has 4 rings (SSSR count). The van der Waals surface area contributed by atoms with Crippen LogP contribution in [-0.2, 0) is 0 Å². The van der Waals surface area contributed by atoms with Crippen LogP contribution in [-0.4, -0.2) is 26.9 Å². The van der Waals surface area contributed by atoms with Crippen LogP contribution >= 0.6 is 11.3 Å². The fourth-order valence-electron chi connectivity index (χ4n) is 2.95. The molecule has 6 heteroatoms. The Morgan fingerprint density at radius 3 is 2.93 bits per heavy atom. The van der Waals surface area contributed by atoms with Crippen LogP contribution in [0.1, 0.15) is 28.6 Å². The SMILES string of the molecule is C=C(CC)CNc1cccc(-c2ccnc3c(C(=O)c4cccs4)cnn23)c1. The number of rotatable bonds is 7. The Morgan fingerprint density at radius 2 is 2.14 bits per heavy atom. The summed E-state index contributed by atoms with van der Waals surface area (Å²) in [4.78, 5) is 17.9. The number of benzene rings is 1. The van der Waals surface area contributed by atoms with Gasteiger partial charge in [0.2, 0.25) is 5.78 Å². The zero-order valence-corrected chi connectivity index (χ0v) is 16.4. The van der Waals surface area contributed by atoms with Crippen molar-refractivity contribution < 1.29 is 4.79 Å². The first-order chi connectivity index (χ1) is 13.7. The van der Waals surface area contributed by atoms with E-state index in [0.29, 0.717) is 16.1 Å². The third-order valence-corrected chi connectivity index (χ3v) is 5.46. The molecule has 0 saturated carbocycles. The Kier molecular flexibility index (Phi) is 5.04. The number of anilines is 1. The number of aromatic nitrogens is 3. The van der Waals surface area contributed by atoms with Crippen LogP contribution in [0, 0.1) is 0 Å². The second-order valence-corrected chi connectivity index (χ2v) is 7.42. The molecule has 0 fully saturated rings. The van der Waals surface area contributed by atoms with Gasteiger partial charge in [0, 0.05) is 24.0 Å². The van der Waals surface area contributed by atoms with Crippen molar-refractivity contribution in [2.45, 2.75) is 13.3 Å². The Bertz CT molecular complexity index is 1140. The lowest BCUT2D eigenvalue weighted by Crippen LogP contribution is -2.04. The van der Waals surface area contributed by atoms with Gasteiger partial charge in [0.05, 0.1) is 22.3 Å². The molecule has 3 heterocycles. The van der Waals surface area contributed by atoms with E-state index in [1.807, 2.05) is 41.8 Å². The van der Waals surface area contributed by atoms with Crippen molar-refractivity contribution >= 4 is 28.5 Å². The molecule has 0 unspecified atom stereocenters. The molecule has 0 spiro atoms. The highest BCUT2D eigenvalue weighted by atomic mass is 32.1. The first-order valence-electron chi connectivity index (χ1n) is 9.09. The van der Waals surface area contributed by atoms with E-state index >= 15 is 0 Å². The van der Waals surface area contributed by atoms with Crippen molar-refractivity contribution in [2.75, 3.05) is 11.9 Å². The van der Waals surface area contributed by atoms with Gasteiger partial charge in [-0.1, -0.05) is 37.3 Å². The largest absolute Gasteiger partial charge is 0.381 e. The minimum atomic E-state index is -0.0526. The van der Waals surface area contributed by atoms with Crippen LogP contribution in [0.2, 0.25) is 0 Å². The molecule has 140 valence electrons. The minimum absolute atomic E-state index is 0.0526. The molecule has 0 saturated heterocycles. The van der Waals surface area contributed by atoms with E-state index in [4.69, 9.17) is 0 Å². The predicted molar refractivity (Wildman–Crippen MR) is 114 cm³/mol. The molecule has 28 heavy (non-hydrogen) atoms. The van der Waals surface area contributed by atoms with E-state index in [1.165, 1.54) is 11.3 Å². The maximum atomic E-state index is 12.8. The highest BCUT2D eigenvalue weighted by Gasteiger charge is 2.18. The maximum Gasteiger partial charge on any atom is 0.208 e. The molecular formula is C22H20N4OS. The lowest BCUT2D eigenvalue weighted by Gasteiger charge is -2.10.